The molecule has 2 aromatic rings. The number of hydrogen-bond donors (Lipinski definition) is 0. The lowest BCUT2D eigenvalue weighted by Gasteiger charge is -2.34. The van der Waals surface area contributed by atoms with Gasteiger partial charge in [-0.25, -0.2) is 8.42 Å². The van der Waals surface area contributed by atoms with Crippen LogP contribution in [0.4, 0.5) is 0 Å². The Balaban J connectivity index is 1.60. The fourth-order valence-corrected chi connectivity index (χ4v) is 6.52. The monoisotopic (exact) mass is 404 g/mol. The van der Waals surface area contributed by atoms with Gasteiger partial charge in [-0.05, 0) is 61.4 Å². The van der Waals surface area contributed by atoms with E-state index in [2.05, 4.69) is 11.4 Å². The number of benzene rings is 1. The number of carbonyl (C=O) groups excluding carboxylic acids is 1. The molecule has 2 aliphatic heterocycles. The average Bonchev–Trinajstić information content (AvgIpc) is 3.18. The molecular formula is C20H24N2O3S2. The van der Waals surface area contributed by atoms with Gasteiger partial charge in [-0.15, -0.1) is 11.3 Å². The molecule has 1 saturated heterocycles. The maximum absolute atomic E-state index is 13.1. The maximum Gasteiger partial charge on any atom is 0.254 e. The van der Waals surface area contributed by atoms with Crippen LogP contribution in [0.3, 0.4) is 0 Å². The van der Waals surface area contributed by atoms with Gasteiger partial charge < -0.3 is 4.90 Å². The number of hydrogen-bond acceptors (Lipinski definition) is 4. The summed E-state index contributed by atoms with van der Waals surface area (Å²) in [6.07, 6.45) is 3.72. The molecule has 0 spiro atoms. The van der Waals surface area contributed by atoms with Crippen molar-refractivity contribution in [3.05, 3.63) is 51.7 Å². The fourth-order valence-electron chi connectivity index (χ4n) is 4.00. The quantitative estimate of drug-likeness (QED) is 0.784. The van der Waals surface area contributed by atoms with Crippen LogP contribution in [0.2, 0.25) is 0 Å². The first-order chi connectivity index (χ1) is 13.0. The summed E-state index contributed by atoms with van der Waals surface area (Å²) in [6.45, 7) is 3.82. The van der Waals surface area contributed by atoms with E-state index in [0.29, 0.717) is 25.2 Å². The smallest absolute Gasteiger partial charge is 0.254 e. The minimum absolute atomic E-state index is 0.00913. The molecule has 4 rings (SSSR count). The molecule has 0 aliphatic carbocycles. The molecule has 1 fully saturated rings. The Morgan fingerprint density at radius 3 is 2.67 bits per heavy atom. The Bertz CT molecular complexity index is 946. The van der Waals surface area contributed by atoms with Crippen molar-refractivity contribution >= 4 is 27.3 Å². The van der Waals surface area contributed by atoms with E-state index in [1.807, 2.05) is 11.8 Å². The van der Waals surface area contributed by atoms with Crippen LogP contribution in [-0.4, -0.2) is 43.2 Å². The van der Waals surface area contributed by atoms with Crippen molar-refractivity contribution in [1.82, 2.24) is 9.21 Å². The molecule has 0 bridgehead atoms. The van der Waals surface area contributed by atoms with Gasteiger partial charge in [0.1, 0.15) is 0 Å². The predicted octanol–water partition coefficient (Wildman–Crippen LogP) is 3.68. The fraction of sp³-hybridized carbons (Fsp3) is 0.450. The summed E-state index contributed by atoms with van der Waals surface area (Å²) in [5.74, 6) is -0.102. The number of piperidine rings is 1. The van der Waals surface area contributed by atoms with Gasteiger partial charge in [-0.2, -0.15) is 4.31 Å². The topological polar surface area (TPSA) is 57.7 Å². The van der Waals surface area contributed by atoms with Gasteiger partial charge >= 0.3 is 0 Å². The van der Waals surface area contributed by atoms with Crippen molar-refractivity contribution in [3.8, 4) is 0 Å². The summed E-state index contributed by atoms with van der Waals surface area (Å²) >= 11 is 1.74. The first-order valence-electron chi connectivity index (χ1n) is 9.46. The first-order valence-corrected chi connectivity index (χ1v) is 11.8. The summed E-state index contributed by atoms with van der Waals surface area (Å²) in [5.41, 5.74) is 1.65. The summed E-state index contributed by atoms with van der Waals surface area (Å²) < 4.78 is 27.4. The van der Waals surface area contributed by atoms with Crippen LogP contribution in [0, 0.1) is 0 Å². The Morgan fingerprint density at radius 2 is 1.89 bits per heavy atom. The third-order valence-corrected chi connectivity index (χ3v) is 8.46. The zero-order valence-electron chi connectivity index (χ0n) is 15.4. The lowest BCUT2D eigenvalue weighted by molar-refractivity contribution is 0.0679. The summed E-state index contributed by atoms with van der Waals surface area (Å²) in [7, 11) is -3.54. The molecule has 1 atom stereocenters. The van der Waals surface area contributed by atoms with Crippen molar-refractivity contribution in [2.75, 3.05) is 19.6 Å². The maximum atomic E-state index is 13.1. The summed E-state index contributed by atoms with van der Waals surface area (Å²) in [6, 6.07) is 8.62. The molecule has 3 heterocycles. The van der Waals surface area contributed by atoms with Crippen molar-refractivity contribution in [3.63, 3.8) is 0 Å². The first kappa shape index (κ1) is 18.7. The second-order valence-electron chi connectivity index (χ2n) is 7.22. The highest BCUT2D eigenvalue weighted by Crippen LogP contribution is 2.34. The molecule has 27 heavy (non-hydrogen) atoms. The highest BCUT2D eigenvalue weighted by molar-refractivity contribution is 7.89. The number of sulfonamides is 1. The lowest BCUT2D eigenvalue weighted by atomic mass is 10.0. The van der Waals surface area contributed by atoms with E-state index in [4.69, 9.17) is 0 Å². The largest absolute Gasteiger partial charge is 0.331 e. The Hall–Kier alpha value is -1.70. The number of amides is 1. The van der Waals surface area contributed by atoms with Crippen molar-refractivity contribution in [1.29, 1.82) is 0 Å². The van der Waals surface area contributed by atoms with Gasteiger partial charge in [0, 0.05) is 30.1 Å². The van der Waals surface area contributed by atoms with E-state index in [1.54, 1.807) is 39.9 Å². The Kier molecular flexibility index (Phi) is 5.09. The van der Waals surface area contributed by atoms with Crippen LogP contribution in [0.15, 0.2) is 40.6 Å². The second-order valence-corrected chi connectivity index (χ2v) is 10.2. The van der Waals surface area contributed by atoms with Crippen LogP contribution in [0.25, 0.3) is 0 Å². The number of nitrogens with zero attached hydrogens (tertiary/aromatic N) is 2. The molecule has 0 radical (unpaired) electrons. The second kappa shape index (κ2) is 7.37. The van der Waals surface area contributed by atoms with Crippen molar-refractivity contribution in [2.24, 2.45) is 0 Å². The van der Waals surface area contributed by atoms with Gasteiger partial charge in [-0.3, -0.25) is 4.79 Å². The van der Waals surface area contributed by atoms with Gasteiger partial charge in [0.05, 0.1) is 10.9 Å². The van der Waals surface area contributed by atoms with E-state index in [9.17, 15) is 13.2 Å². The predicted molar refractivity (Wildman–Crippen MR) is 107 cm³/mol. The zero-order chi connectivity index (χ0) is 19.0. The van der Waals surface area contributed by atoms with Crippen LogP contribution in [0.5, 0.6) is 0 Å². The average molecular weight is 405 g/mol. The van der Waals surface area contributed by atoms with Crippen molar-refractivity contribution < 1.29 is 13.2 Å². The van der Waals surface area contributed by atoms with Gasteiger partial charge in [0.25, 0.3) is 5.91 Å². The van der Waals surface area contributed by atoms with Crippen molar-refractivity contribution in [2.45, 2.75) is 43.5 Å². The van der Waals surface area contributed by atoms with Gasteiger partial charge in [0.2, 0.25) is 10.0 Å². The molecule has 1 amide bonds. The number of carbonyl (C=O) groups is 1. The SMILES string of the molecule is C[C@H]1c2ccsc2CCN1C(=O)c1cccc(S(=O)(=O)N2CCCCC2)c1. The van der Waals surface area contributed by atoms with Gasteiger partial charge in [0.15, 0.2) is 0 Å². The molecule has 1 aromatic carbocycles. The summed E-state index contributed by atoms with van der Waals surface area (Å²) in [4.78, 5) is 16.5. The highest BCUT2D eigenvalue weighted by atomic mass is 32.2. The Morgan fingerprint density at radius 1 is 1.11 bits per heavy atom. The molecular weight excluding hydrogens is 380 g/mol. The number of thiophene rings is 1. The third kappa shape index (κ3) is 3.44. The van der Waals surface area contributed by atoms with E-state index in [1.165, 1.54) is 10.4 Å². The van der Waals surface area contributed by atoms with Crippen LogP contribution in [0.1, 0.15) is 53.0 Å². The van der Waals surface area contributed by atoms with E-state index < -0.39 is 10.0 Å². The number of fused-ring (bicyclic) bond motifs is 1. The zero-order valence-corrected chi connectivity index (χ0v) is 17.1. The molecule has 0 unspecified atom stereocenters. The molecule has 0 saturated carbocycles. The normalized spacial score (nSPS) is 21.1. The van der Waals surface area contributed by atoms with E-state index in [0.717, 1.165) is 25.7 Å². The molecule has 2 aliphatic rings. The molecule has 5 nitrogen and oxygen atoms in total. The van der Waals surface area contributed by atoms with E-state index in [-0.39, 0.29) is 16.8 Å². The minimum atomic E-state index is -3.54. The number of rotatable bonds is 3. The lowest BCUT2D eigenvalue weighted by Crippen LogP contribution is -2.38. The molecule has 0 N–H and O–H groups in total. The molecule has 144 valence electrons. The van der Waals surface area contributed by atoms with Crippen LogP contribution >= 0.6 is 11.3 Å². The van der Waals surface area contributed by atoms with Gasteiger partial charge in [-0.1, -0.05) is 12.5 Å². The molecule has 7 heteroatoms. The van der Waals surface area contributed by atoms with Crippen LogP contribution in [-0.2, 0) is 16.4 Å². The standard InChI is InChI=1S/C20H24N2O3S2/c1-15-18-9-13-26-19(18)8-12-22(15)20(23)16-6-5-7-17(14-16)27(24,25)21-10-3-2-4-11-21/h5-7,9,13-15H,2-4,8,10-12H2,1H3/t15-/m0/s1. The Labute approximate surface area is 164 Å². The summed E-state index contributed by atoms with van der Waals surface area (Å²) in [5, 5.41) is 2.07. The third-order valence-electron chi connectivity index (χ3n) is 5.57. The molecule has 1 aromatic heterocycles. The highest BCUT2D eigenvalue weighted by Gasteiger charge is 2.31. The minimum Gasteiger partial charge on any atom is -0.331 e. The van der Waals surface area contributed by atoms with Crippen LogP contribution < -0.4 is 0 Å². The van der Waals surface area contributed by atoms with E-state index >= 15 is 0 Å².